The van der Waals surface area contributed by atoms with Crippen molar-refractivity contribution in [1.82, 2.24) is 25.1 Å². The molecule has 0 spiro atoms. The standard InChI is InChI=1S/C28H26ClN7O/c29-23-4-2-1-3-21(23)17-36-18-31-24-10-7-20(15-26(24)36)25-16-27(34-33-25)32-28(37)19-5-8-22(9-6-19)35-13-11-30-12-14-35/h1-10,15-16,18,30H,11-14,17H2,(H2,32,33,34,37). The normalized spacial score (nSPS) is 13.7. The topological polar surface area (TPSA) is 90.9 Å². The van der Waals surface area contributed by atoms with E-state index in [1.165, 1.54) is 0 Å². The molecule has 5 aromatic rings. The highest BCUT2D eigenvalue weighted by Gasteiger charge is 2.14. The Balaban J connectivity index is 1.17. The third-order valence-corrected chi connectivity index (χ3v) is 7.03. The van der Waals surface area contributed by atoms with Crippen LogP contribution in [0.1, 0.15) is 15.9 Å². The Kier molecular flexibility index (Phi) is 6.34. The number of amides is 1. The molecule has 3 N–H and O–H groups in total. The summed E-state index contributed by atoms with van der Waals surface area (Å²) >= 11 is 6.37. The van der Waals surface area contributed by atoms with Gasteiger partial charge in [0.15, 0.2) is 5.82 Å². The number of piperazine rings is 1. The predicted octanol–water partition coefficient (Wildman–Crippen LogP) is 4.79. The molecule has 0 radical (unpaired) electrons. The maximum atomic E-state index is 12.8. The number of nitrogens with zero attached hydrogens (tertiary/aromatic N) is 4. The van der Waals surface area contributed by atoms with Gasteiger partial charge in [-0.3, -0.25) is 9.89 Å². The molecule has 1 fully saturated rings. The van der Waals surface area contributed by atoms with Crippen molar-refractivity contribution in [3.05, 3.63) is 95.3 Å². The summed E-state index contributed by atoms with van der Waals surface area (Å²) in [6.07, 6.45) is 1.82. The van der Waals surface area contributed by atoms with Crippen LogP contribution in [0.3, 0.4) is 0 Å². The van der Waals surface area contributed by atoms with Gasteiger partial charge in [-0.15, -0.1) is 0 Å². The number of aromatic nitrogens is 4. The minimum atomic E-state index is -0.196. The van der Waals surface area contributed by atoms with E-state index in [1.807, 2.05) is 73.1 Å². The van der Waals surface area contributed by atoms with Crippen molar-refractivity contribution < 1.29 is 4.79 Å². The van der Waals surface area contributed by atoms with E-state index in [2.05, 4.69) is 41.3 Å². The van der Waals surface area contributed by atoms with E-state index in [4.69, 9.17) is 11.6 Å². The Bertz CT molecular complexity index is 1550. The van der Waals surface area contributed by atoms with Crippen LogP contribution in [-0.4, -0.2) is 51.8 Å². The number of H-pyrrole nitrogens is 1. The van der Waals surface area contributed by atoms with Crippen LogP contribution < -0.4 is 15.5 Å². The van der Waals surface area contributed by atoms with Crippen LogP contribution in [0, 0.1) is 0 Å². The molecular weight excluding hydrogens is 486 g/mol. The number of fused-ring (bicyclic) bond motifs is 1. The Morgan fingerprint density at radius 2 is 1.81 bits per heavy atom. The highest BCUT2D eigenvalue weighted by Crippen LogP contribution is 2.26. The van der Waals surface area contributed by atoms with Crippen LogP contribution in [0.25, 0.3) is 22.3 Å². The minimum absolute atomic E-state index is 0.196. The summed E-state index contributed by atoms with van der Waals surface area (Å²) in [4.78, 5) is 19.7. The van der Waals surface area contributed by atoms with Gasteiger partial charge in [0, 0.05) is 54.1 Å². The molecule has 0 atom stereocenters. The first-order valence-corrected chi connectivity index (χ1v) is 12.6. The summed E-state index contributed by atoms with van der Waals surface area (Å²) in [6, 6.07) is 23.4. The molecule has 3 aromatic carbocycles. The zero-order chi connectivity index (χ0) is 25.2. The average molecular weight is 512 g/mol. The van der Waals surface area contributed by atoms with Crippen molar-refractivity contribution in [2.24, 2.45) is 0 Å². The molecule has 1 aliphatic heterocycles. The summed E-state index contributed by atoms with van der Waals surface area (Å²) < 4.78 is 2.07. The molecule has 2 aromatic heterocycles. The fraction of sp³-hybridized carbons (Fsp3) is 0.179. The second kappa shape index (κ2) is 10.1. The molecular formula is C28H26ClN7O. The molecule has 1 saturated heterocycles. The number of carbonyl (C=O) groups excluding carboxylic acids is 1. The maximum absolute atomic E-state index is 12.8. The van der Waals surface area contributed by atoms with Crippen LogP contribution >= 0.6 is 11.6 Å². The van der Waals surface area contributed by atoms with Crippen LogP contribution in [-0.2, 0) is 6.54 Å². The predicted molar refractivity (Wildman–Crippen MR) is 147 cm³/mol. The zero-order valence-electron chi connectivity index (χ0n) is 20.1. The van der Waals surface area contributed by atoms with E-state index in [0.29, 0.717) is 17.9 Å². The summed E-state index contributed by atoms with van der Waals surface area (Å²) in [6.45, 7) is 4.50. The van der Waals surface area contributed by atoms with Gasteiger partial charge in [0.05, 0.1) is 29.6 Å². The van der Waals surface area contributed by atoms with E-state index in [9.17, 15) is 4.79 Å². The van der Waals surface area contributed by atoms with E-state index >= 15 is 0 Å². The molecule has 37 heavy (non-hydrogen) atoms. The lowest BCUT2D eigenvalue weighted by atomic mass is 10.1. The second-order valence-corrected chi connectivity index (χ2v) is 9.48. The Morgan fingerprint density at radius 3 is 2.62 bits per heavy atom. The van der Waals surface area contributed by atoms with E-state index in [1.54, 1.807) is 0 Å². The first-order valence-electron chi connectivity index (χ1n) is 12.3. The van der Waals surface area contributed by atoms with Gasteiger partial charge in [0.1, 0.15) is 0 Å². The van der Waals surface area contributed by atoms with Gasteiger partial charge in [0.2, 0.25) is 0 Å². The lowest BCUT2D eigenvalue weighted by Crippen LogP contribution is -2.43. The SMILES string of the molecule is O=C(Nc1cc(-c2ccc3ncn(Cc4ccccc4Cl)c3c2)[nH]n1)c1ccc(N2CCNCC2)cc1. The number of anilines is 2. The summed E-state index contributed by atoms with van der Waals surface area (Å²) in [5.41, 5.74) is 6.38. The second-order valence-electron chi connectivity index (χ2n) is 9.07. The Labute approximate surface area is 219 Å². The quantitative estimate of drug-likeness (QED) is 0.305. The number of nitrogens with one attached hydrogen (secondary N) is 3. The van der Waals surface area contributed by atoms with Gasteiger partial charge >= 0.3 is 0 Å². The number of hydrogen-bond acceptors (Lipinski definition) is 5. The highest BCUT2D eigenvalue weighted by molar-refractivity contribution is 6.31. The summed E-state index contributed by atoms with van der Waals surface area (Å²) in [5, 5.41) is 14.3. The number of halogens is 1. The monoisotopic (exact) mass is 511 g/mol. The molecule has 8 nitrogen and oxygen atoms in total. The summed E-state index contributed by atoms with van der Waals surface area (Å²) in [7, 11) is 0. The zero-order valence-corrected chi connectivity index (χ0v) is 20.9. The lowest BCUT2D eigenvalue weighted by Gasteiger charge is -2.29. The lowest BCUT2D eigenvalue weighted by molar-refractivity contribution is 0.102. The van der Waals surface area contributed by atoms with Gasteiger partial charge < -0.3 is 20.1 Å². The largest absolute Gasteiger partial charge is 0.369 e. The maximum Gasteiger partial charge on any atom is 0.256 e. The van der Waals surface area contributed by atoms with Crippen LogP contribution in [0.5, 0.6) is 0 Å². The van der Waals surface area contributed by atoms with E-state index in [-0.39, 0.29) is 5.91 Å². The molecule has 0 saturated carbocycles. The number of imidazole rings is 1. The van der Waals surface area contributed by atoms with Crippen molar-refractivity contribution in [1.29, 1.82) is 0 Å². The van der Waals surface area contributed by atoms with Crippen molar-refractivity contribution >= 4 is 40.0 Å². The number of carbonyl (C=O) groups is 1. The van der Waals surface area contributed by atoms with Gasteiger partial charge in [-0.1, -0.05) is 35.9 Å². The van der Waals surface area contributed by atoms with Crippen molar-refractivity contribution in [3.63, 3.8) is 0 Å². The molecule has 9 heteroatoms. The molecule has 0 unspecified atom stereocenters. The first-order chi connectivity index (χ1) is 18.1. The fourth-order valence-electron chi connectivity index (χ4n) is 4.63. The number of hydrogen-bond donors (Lipinski definition) is 3. The molecule has 0 aliphatic carbocycles. The van der Waals surface area contributed by atoms with Crippen molar-refractivity contribution in [3.8, 4) is 11.3 Å². The van der Waals surface area contributed by atoms with Crippen LogP contribution in [0.4, 0.5) is 11.5 Å². The van der Waals surface area contributed by atoms with E-state index in [0.717, 1.165) is 64.7 Å². The van der Waals surface area contributed by atoms with Crippen molar-refractivity contribution in [2.75, 3.05) is 36.4 Å². The van der Waals surface area contributed by atoms with Crippen molar-refractivity contribution in [2.45, 2.75) is 6.54 Å². The molecule has 0 bridgehead atoms. The molecule has 186 valence electrons. The Morgan fingerprint density at radius 1 is 1.00 bits per heavy atom. The number of benzene rings is 3. The third-order valence-electron chi connectivity index (χ3n) is 6.66. The molecule has 1 amide bonds. The Hall–Kier alpha value is -4.14. The average Bonchev–Trinajstić information content (AvgIpc) is 3.57. The number of aromatic amines is 1. The van der Waals surface area contributed by atoms with Gasteiger partial charge in [-0.05, 0) is 48.0 Å². The molecule has 6 rings (SSSR count). The summed E-state index contributed by atoms with van der Waals surface area (Å²) in [5.74, 6) is 0.272. The van der Waals surface area contributed by atoms with Gasteiger partial charge in [-0.2, -0.15) is 5.10 Å². The van der Waals surface area contributed by atoms with Gasteiger partial charge in [-0.25, -0.2) is 4.98 Å². The van der Waals surface area contributed by atoms with Crippen LogP contribution in [0.15, 0.2) is 79.1 Å². The molecule has 1 aliphatic rings. The highest BCUT2D eigenvalue weighted by atomic mass is 35.5. The van der Waals surface area contributed by atoms with Gasteiger partial charge in [0.25, 0.3) is 5.91 Å². The van der Waals surface area contributed by atoms with Crippen LogP contribution in [0.2, 0.25) is 5.02 Å². The number of rotatable bonds is 6. The molecule has 3 heterocycles. The smallest absolute Gasteiger partial charge is 0.256 e. The third kappa shape index (κ3) is 4.94. The van der Waals surface area contributed by atoms with E-state index < -0.39 is 0 Å². The minimum Gasteiger partial charge on any atom is -0.369 e. The first kappa shape index (κ1) is 23.3. The fourth-order valence-corrected chi connectivity index (χ4v) is 4.82.